The molecule has 0 unspecified atom stereocenters. The van der Waals surface area contributed by atoms with Crippen LogP contribution in [0, 0.1) is 0 Å². The van der Waals surface area contributed by atoms with Gasteiger partial charge in [-0.3, -0.25) is 4.79 Å². The van der Waals surface area contributed by atoms with Crippen molar-refractivity contribution in [3.05, 3.63) is 72.3 Å². The van der Waals surface area contributed by atoms with Crippen LogP contribution in [0.3, 0.4) is 0 Å². The molecule has 9 heteroatoms. The van der Waals surface area contributed by atoms with Crippen LogP contribution in [0.25, 0.3) is 0 Å². The highest BCUT2D eigenvalue weighted by atomic mass is 32.2. The fourth-order valence-corrected chi connectivity index (χ4v) is 3.75. The van der Waals surface area contributed by atoms with Crippen LogP contribution in [0.2, 0.25) is 0 Å². The van der Waals surface area contributed by atoms with Crippen molar-refractivity contribution in [1.82, 2.24) is 4.98 Å². The highest BCUT2D eigenvalue weighted by Crippen LogP contribution is 2.23. The summed E-state index contributed by atoms with van der Waals surface area (Å²) in [5.41, 5.74) is 0.364. The van der Waals surface area contributed by atoms with Crippen LogP contribution in [-0.2, 0) is 20.3 Å². The summed E-state index contributed by atoms with van der Waals surface area (Å²) in [5.74, 6) is -0.492. The predicted molar refractivity (Wildman–Crippen MR) is 106 cm³/mol. The molecule has 0 bridgehead atoms. The highest BCUT2D eigenvalue weighted by Gasteiger charge is 2.20. The Morgan fingerprint density at radius 1 is 1.07 bits per heavy atom. The Labute approximate surface area is 168 Å². The number of ether oxygens (including phenoxy) is 2. The Kier molecular flexibility index (Phi) is 6.63. The molecule has 1 aromatic carbocycles. The third-order valence-corrected chi connectivity index (χ3v) is 5.52. The number of hydrogen-bond donors (Lipinski definition) is 1. The van der Waals surface area contributed by atoms with Gasteiger partial charge in [0.15, 0.2) is 15.6 Å². The topological polar surface area (TPSA) is 108 Å². The van der Waals surface area contributed by atoms with Crippen LogP contribution in [-0.4, -0.2) is 39.6 Å². The maximum Gasteiger partial charge on any atom is 0.291 e. The molecule has 0 aliphatic carbocycles. The quantitative estimate of drug-likeness (QED) is 0.534. The van der Waals surface area contributed by atoms with Crippen LogP contribution in [0.1, 0.15) is 16.3 Å². The van der Waals surface area contributed by atoms with E-state index in [-0.39, 0.29) is 34.7 Å². The van der Waals surface area contributed by atoms with E-state index in [1.165, 1.54) is 30.5 Å². The number of rotatable bonds is 9. The molecule has 0 aliphatic rings. The van der Waals surface area contributed by atoms with Crippen molar-refractivity contribution < 1.29 is 27.1 Å². The molecule has 1 N–H and O–H groups in total. The van der Waals surface area contributed by atoms with Gasteiger partial charge in [0.05, 0.1) is 11.5 Å². The first-order valence-corrected chi connectivity index (χ1v) is 10.4. The van der Waals surface area contributed by atoms with E-state index in [1.54, 1.807) is 37.4 Å². The molecule has 3 rings (SSSR count). The van der Waals surface area contributed by atoms with Gasteiger partial charge in [0.1, 0.15) is 23.8 Å². The largest absolute Gasteiger partial charge is 0.474 e. The lowest BCUT2D eigenvalue weighted by molar-refractivity contribution is 0.0994. The molecule has 0 saturated heterocycles. The third-order valence-electron chi connectivity index (χ3n) is 3.87. The molecule has 0 atom stereocenters. The average Bonchev–Trinajstić information content (AvgIpc) is 3.18. The third kappa shape index (κ3) is 5.43. The number of carbonyl (C=O) groups is 1. The average molecular weight is 416 g/mol. The van der Waals surface area contributed by atoms with Gasteiger partial charge >= 0.3 is 0 Å². The number of nitrogens with zero attached hydrogens (tertiary/aromatic N) is 1. The van der Waals surface area contributed by atoms with Crippen molar-refractivity contribution in [3.8, 4) is 5.88 Å². The van der Waals surface area contributed by atoms with Gasteiger partial charge in [-0.1, -0.05) is 18.2 Å². The molecule has 0 saturated carbocycles. The lowest BCUT2D eigenvalue weighted by Crippen LogP contribution is -2.14. The van der Waals surface area contributed by atoms with E-state index in [0.29, 0.717) is 12.3 Å². The standard InChI is InChI=1S/C20H20N2O6S/c1-26-12-13-27-20-17(8-5-11-21-20)22-19(23)18-10-9-15(28-18)14-29(24,25)16-6-3-2-4-7-16/h2-11H,12-14H2,1H3,(H,22,23). The molecule has 8 nitrogen and oxygen atoms in total. The minimum atomic E-state index is -3.57. The Balaban J connectivity index is 1.69. The Hall–Kier alpha value is -3.17. The summed E-state index contributed by atoms with van der Waals surface area (Å²) in [6.45, 7) is 0.653. The summed E-state index contributed by atoms with van der Waals surface area (Å²) in [4.78, 5) is 16.8. The van der Waals surface area contributed by atoms with Gasteiger partial charge < -0.3 is 19.2 Å². The molecule has 1 amide bonds. The first-order chi connectivity index (χ1) is 14.0. The summed E-state index contributed by atoms with van der Waals surface area (Å²) >= 11 is 0. The number of sulfone groups is 1. The maximum atomic E-state index is 12.5. The second-order valence-electron chi connectivity index (χ2n) is 5.99. The molecule has 29 heavy (non-hydrogen) atoms. The van der Waals surface area contributed by atoms with E-state index in [4.69, 9.17) is 13.9 Å². The Morgan fingerprint density at radius 2 is 1.86 bits per heavy atom. The molecule has 152 valence electrons. The van der Waals surface area contributed by atoms with Crippen molar-refractivity contribution in [2.24, 2.45) is 0 Å². The first kappa shape index (κ1) is 20.6. The molecule has 2 aromatic heterocycles. The van der Waals surface area contributed by atoms with Gasteiger partial charge in [-0.05, 0) is 36.4 Å². The van der Waals surface area contributed by atoms with Gasteiger partial charge in [0.2, 0.25) is 5.88 Å². The van der Waals surface area contributed by atoms with E-state index >= 15 is 0 Å². The van der Waals surface area contributed by atoms with E-state index in [2.05, 4.69) is 10.3 Å². The Morgan fingerprint density at radius 3 is 2.62 bits per heavy atom. The van der Waals surface area contributed by atoms with Gasteiger partial charge in [-0.25, -0.2) is 13.4 Å². The Bertz CT molecular complexity index is 1060. The summed E-state index contributed by atoms with van der Waals surface area (Å²) in [6, 6.07) is 14.2. The van der Waals surface area contributed by atoms with Gasteiger partial charge in [-0.2, -0.15) is 0 Å². The van der Waals surface area contributed by atoms with Crippen molar-refractivity contribution in [2.45, 2.75) is 10.6 Å². The highest BCUT2D eigenvalue weighted by molar-refractivity contribution is 7.90. The van der Waals surface area contributed by atoms with Crippen LogP contribution in [0.5, 0.6) is 5.88 Å². The van der Waals surface area contributed by atoms with E-state index in [0.717, 1.165) is 0 Å². The van der Waals surface area contributed by atoms with Crippen molar-refractivity contribution >= 4 is 21.4 Å². The number of anilines is 1. The normalized spacial score (nSPS) is 11.2. The number of pyridine rings is 1. The second-order valence-corrected chi connectivity index (χ2v) is 7.98. The summed E-state index contributed by atoms with van der Waals surface area (Å²) < 4.78 is 40.7. The number of nitrogens with one attached hydrogen (secondary N) is 1. The molecule has 0 fully saturated rings. The molecule has 3 aromatic rings. The number of benzene rings is 1. The van der Waals surface area contributed by atoms with Crippen LogP contribution in [0.4, 0.5) is 5.69 Å². The SMILES string of the molecule is COCCOc1ncccc1NC(=O)c1ccc(CS(=O)(=O)c2ccccc2)o1. The second kappa shape index (κ2) is 9.35. The summed E-state index contributed by atoms with van der Waals surface area (Å²) in [7, 11) is -2.02. The van der Waals surface area contributed by atoms with Crippen LogP contribution >= 0.6 is 0 Å². The smallest absolute Gasteiger partial charge is 0.291 e. The number of aromatic nitrogens is 1. The van der Waals surface area contributed by atoms with E-state index in [9.17, 15) is 13.2 Å². The number of carbonyl (C=O) groups excluding carboxylic acids is 1. The van der Waals surface area contributed by atoms with Crippen molar-refractivity contribution in [3.63, 3.8) is 0 Å². The van der Waals surface area contributed by atoms with Gasteiger partial charge in [0, 0.05) is 13.3 Å². The zero-order valence-electron chi connectivity index (χ0n) is 15.7. The number of furan rings is 1. The molecule has 0 aliphatic heterocycles. The summed E-state index contributed by atoms with van der Waals surface area (Å²) in [6.07, 6.45) is 1.54. The van der Waals surface area contributed by atoms with Crippen molar-refractivity contribution in [2.75, 3.05) is 25.6 Å². The molecule has 0 radical (unpaired) electrons. The maximum absolute atomic E-state index is 12.5. The lowest BCUT2D eigenvalue weighted by Gasteiger charge is -2.10. The fraction of sp³-hybridized carbons (Fsp3) is 0.200. The van der Waals surface area contributed by atoms with E-state index < -0.39 is 15.7 Å². The monoisotopic (exact) mass is 416 g/mol. The van der Waals surface area contributed by atoms with Crippen LogP contribution in [0.15, 0.2) is 70.1 Å². The summed E-state index contributed by atoms with van der Waals surface area (Å²) in [5, 5.41) is 2.65. The molecule has 0 spiro atoms. The van der Waals surface area contributed by atoms with Crippen LogP contribution < -0.4 is 10.1 Å². The van der Waals surface area contributed by atoms with E-state index in [1.807, 2.05) is 0 Å². The van der Waals surface area contributed by atoms with Gasteiger partial charge in [-0.15, -0.1) is 0 Å². The first-order valence-electron chi connectivity index (χ1n) is 8.74. The number of amides is 1. The zero-order chi connectivity index (χ0) is 20.7. The number of methoxy groups -OCH3 is 1. The predicted octanol–water partition coefficient (Wildman–Crippen LogP) is 2.93. The lowest BCUT2D eigenvalue weighted by atomic mass is 10.3. The molecular weight excluding hydrogens is 396 g/mol. The van der Waals surface area contributed by atoms with Crippen molar-refractivity contribution in [1.29, 1.82) is 0 Å². The molecule has 2 heterocycles. The zero-order valence-corrected chi connectivity index (χ0v) is 16.5. The minimum absolute atomic E-state index is 0.0186. The fourth-order valence-electron chi connectivity index (χ4n) is 2.48. The molecular formula is C20H20N2O6S. The number of hydrogen-bond acceptors (Lipinski definition) is 7. The van der Waals surface area contributed by atoms with Gasteiger partial charge in [0.25, 0.3) is 5.91 Å². The minimum Gasteiger partial charge on any atom is -0.474 e.